The highest BCUT2D eigenvalue weighted by Crippen LogP contribution is 2.45. The number of aliphatic hydroxyl groups excluding tert-OH is 5. The summed E-state index contributed by atoms with van der Waals surface area (Å²) in [6.45, 7) is 14.6. The van der Waals surface area contributed by atoms with E-state index < -0.39 is 138 Å². The maximum atomic E-state index is 14.0. The van der Waals surface area contributed by atoms with E-state index in [0.29, 0.717) is 28.9 Å². The van der Waals surface area contributed by atoms with Crippen LogP contribution >= 0.6 is 23.2 Å². The zero-order chi connectivity index (χ0) is 57.2. The van der Waals surface area contributed by atoms with E-state index in [2.05, 4.69) is 0 Å². The van der Waals surface area contributed by atoms with Crippen LogP contribution in [-0.2, 0) is 49.1 Å². The zero-order valence-corrected chi connectivity index (χ0v) is 46.7. The van der Waals surface area contributed by atoms with Crippen LogP contribution in [0.15, 0.2) is 83.0 Å². The van der Waals surface area contributed by atoms with E-state index in [1.165, 1.54) is 52.4 Å². The first kappa shape index (κ1) is 63.0. The molecular weight excluding hydrogens is 1050 g/mol. The van der Waals surface area contributed by atoms with E-state index in [4.69, 9.17) is 65.8 Å². The van der Waals surface area contributed by atoms with Gasteiger partial charge < -0.3 is 78.4 Å². The Labute approximate surface area is 459 Å². The highest BCUT2D eigenvalue weighted by molar-refractivity contribution is 6.39. The summed E-state index contributed by atoms with van der Waals surface area (Å²) in [4.78, 5) is 41.2. The standard InChI is InChI=1S/C56H74Cl2O19/c1-12-32-24-28(4)37(60)20-15-14-17-34(26-71-54-48(70-11)44(63)47(31(7)72-54)74-53(68)39-36(13-2)40(57)43(62)41(58)42(39)61)52(67)73-38(30(6)59)22-21-27(3)23-29(5)46(32)76-55-49(45(64)50(65)56(8,9)77-55)75-51(66)33-18-16-19-35(25-33)69-10/h14-19,21,23-25,30-32,37-38,44-50,54-55,59-65H,12-13,20,22,26H2,1-11H3/b15-14+,27-21+,28-24+,29-23+,34-17+/t30-,31-,32+,37+,38+,44+,45-,46+,47-,48+,49+,50+,54-,55-/m1/s1. The van der Waals surface area contributed by atoms with Crippen molar-refractivity contribution in [2.75, 3.05) is 20.8 Å². The summed E-state index contributed by atoms with van der Waals surface area (Å²) < 4.78 is 53.4. The molecule has 0 radical (unpaired) electrons. The number of rotatable bonds is 14. The molecular formula is C56H74Cl2O19. The summed E-state index contributed by atoms with van der Waals surface area (Å²) in [6, 6.07) is 6.26. The van der Waals surface area contributed by atoms with Gasteiger partial charge in [-0.3, -0.25) is 0 Å². The third kappa shape index (κ3) is 15.3. The summed E-state index contributed by atoms with van der Waals surface area (Å²) in [7, 11) is 2.71. The van der Waals surface area contributed by atoms with Gasteiger partial charge in [-0.2, -0.15) is 0 Å². The fourth-order valence-electron chi connectivity index (χ4n) is 9.19. The van der Waals surface area contributed by atoms with E-state index in [1.54, 1.807) is 58.9 Å². The van der Waals surface area contributed by atoms with Gasteiger partial charge in [0, 0.05) is 19.4 Å². The van der Waals surface area contributed by atoms with Crippen molar-refractivity contribution < 1.29 is 92.8 Å². The van der Waals surface area contributed by atoms with Gasteiger partial charge in [0.2, 0.25) is 0 Å². The van der Waals surface area contributed by atoms with E-state index in [0.717, 1.165) is 0 Å². The van der Waals surface area contributed by atoms with Gasteiger partial charge in [-0.05, 0) is 109 Å². The highest BCUT2D eigenvalue weighted by atomic mass is 35.5. The SMILES string of the molecule is CCc1c(Cl)c(O)c(Cl)c(O)c1C(=O)O[C@H]1[C@H](O)[C@H](OC)[C@H](OC/C2=C\C=C\C[C@H](O)/C(C)=C/[C@H](CC)[C@@H](O[C@@H]3OC(C)(C)[C@@H](O)[C@H](O)[C@@H]3OC(=O)c3cccc(OC)c3)/C(C)=C/C(C)=C/C[C@@H]([C@@H](C)O)OC2=O)O[C@@H]1C. The lowest BCUT2D eigenvalue weighted by atomic mass is 9.88. The van der Waals surface area contributed by atoms with Crippen molar-refractivity contribution in [2.45, 2.75) is 173 Å². The van der Waals surface area contributed by atoms with E-state index >= 15 is 0 Å². The average molecular weight is 1120 g/mol. The molecule has 0 aromatic heterocycles. The zero-order valence-electron chi connectivity index (χ0n) is 45.2. The second kappa shape index (κ2) is 27.8. The molecule has 77 heavy (non-hydrogen) atoms. The molecule has 0 saturated carbocycles. The summed E-state index contributed by atoms with van der Waals surface area (Å²) in [5.74, 6) is -4.24. The lowest BCUT2D eigenvalue weighted by Gasteiger charge is -2.47. The minimum Gasteiger partial charge on any atom is -0.505 e. The number of ether oxygens (including phenoxy) is 9. The topological polar surface area (TPSA) is 276 Å². The summed E-state index contributed by atoms with van der Waals surface area (Å²) in [6.07, 6.45) is -6.09. The maximum Gasteiger partial charge on any atom is 0.342 e. The van der Waals surface area contributed by atoms with Crippen LogP contribution in [0.2, 0.25) is 10.0 Å². The molecule has 21 heteroatoms. The molecule has 426 valence electrons. The predicted octanol–water partition coefficient (Wildman–Crippen LogP) is 6.90. The van der Waals surface area contributed by atoms with Crippen molar-refractivity contribution in [3.8, 4) is 17.2 Å². The highest BCUT2D eigenvalue weighted by Gasteiger charge is 2.53. The molecule has 0 amide bonds. The number of hydrogen-bond donors (Lipinski definition) is 7. The molecule has 19 nitrogen and oxygen atoms in total. The molecule has 14 atom stereocenters. The molecule has 7 N–H and O–H groups in total. The Morgan fingerprint density at radius 3 is 2.22 bits per heavy atom. The van der Waals surface area contributed by atoms with Crippen molar-refractivity contribution in [1.29, 1.82) is 0 Å². The van der Waals surface area contributed by atoms with Gasteiger partial charge in [-0.25, -0.2) is 14.4 Å². The second-order valence-corrected chi connectivity index (χ2v) is 20.7. The quantitative estimate of drug-likeness (QED) is 0.0575. The number of phenolic OH excluding ortho intramolecular Hbond substituents is 2. The van der Waals surface area contributed by atoms with Crippen LogP contribution in [0.25, 0.3) is 0 Å². The Bertz CT molecular complexity index is 2550. The molecule has 0 aliphatic carbocycles. The Balaban J connectivity index is 1.41. The van der Waals surface area contributed by atoms with E-state index in [9.17, 15) is 50.1 Å². The number of methoxy groups -OCH3 is 2. The first-order valence-corrected chi connectivity index (χ1v) is 26.2. The predicted molar refractivity (Wildman–Crippen MR) is 283 cm³/mol. The van der Waals surface area contributed by atoms with Gasteiger partial charge in [0.25, 0.3) is 0 Å². The van der Waals surface area contributed by atoms with Crippen molar-refractivity contribution >= 4 is 41.1 Å². The van der Waals surface area contributed by atoms with Crippen molar-refractivity contribution in [3.05, 3.63) is 110 Å². The Morgan fingerprint density at radius 2 is 1.58 bits per heavy atom. The number of benzene rings is 2. The van der Waals surface area contributed by atoms with Gasteiger partial charge in [-0.1, -0.05) is 79.1 Å². The summed E-state index contributed by atoms with van der Waals surface area (Å²) in [5, 5.41) is 76.8. The number of allylic oxidation sites excluding steroid dienone is 4. The van der Waals surface area contributed by atoms with Crippen LogP contribution in [0.4, 0.5) is 0 Å². The fraction of sp³-hybridized carbons (Fsp3) is 0.554. The third-order valence-corrected chi connectivity index (χ3v) is 14.6. The molecule has 2 aromatic rings. The number of aliphatic hydroxyl groups is 5. The van der Waals surface area contributed by atoms with Gasteiger partial charge in [0.05, 0.1) is 59.9 Å². The lowest BCUT2D eigenvalue weighted by Crippen LogP contribution is -2.64. The monoisotopic (exact) mass is 1120 g/mol. The smallest absolute Gasteiger partial charge is 0.342 e. The molecule has 3 aliphatic rings. The lowest BCUT2D eigenvalue weighted by molar-refractivity contribution is -0.330. The number of hydrogen-bond acceptors (Lipinski definition) is 19. The Kier molecular flexibility index (Phi) is 22.8. The molecule has 3 heterocycles. The van der Waals surface area contributed by atoms with Crippen LogP contribution in [-0.4, -0.2) is 160 Å². The summed E-state index contributed by atoms with van der Waals surface area (Å²) in [5.41, 5.74) is 0.260. The van der Waals surface area contributed by atoms with Gasteiger partial charge in [0.1, 0.15) is 46.9 Å². The molecule has 0 bridgehead atoms. The van der Waals surface area contributed by atoms with Crippen LogP contribution in [0.3, 0.4) is 0 Å². The molecule has 2 fully saturated rings. The normalized spacial score (nSPS) is 33.2. The van der Waals surface area contributed by atoms with Crippen molar-refractivity contribution in [3.63, 3.8) is 0 Å². The number of carbonyl (C=O) groups excluding carboxylic acids is 3. The molecule has 2 aromatic carbocycles. The largest absolute Gasteiger partial charge is 0.505 e. The molecule has 2 saturated heterocycles. The van der Waals surface area contributed by atoms with Gasteiger partial charge in [0.15, 0.2) is 36.3 Å². The second-order valence-electron chi connectivity index (χ2n) is 19.9. The van der Waals surface area contributed by atoms with Gasteiger partial charge in [-0.15, -0.1) is 0 Å². The molecule has 3 aliphatic heterocycles. The molecule has 0 spiro atoms. The first-order valence-electron chi connectivity index (χ1n) is 25.4. The van der Waals surface area contributed by atoms with Gasteiger partial charge >= 0.3 is 17.9 Å². The number of halogens is 2. The van der Waals surface area contributed by atoms with Crippen LogP contribution in [0.1, 0.15) is 108 Å². The minimum absolute atomic E-state index is 0.0462. The van der Waals surface area contributed by atoms with Crippen LogP contribution < -0.4 is 4.74 Å². The number of phenols is 2. The summed E-state index contributed by atoms with van der Waals surface area (Å²) >= 11 is 12.3. The number of carbonyl (C=O) groups is 3. The van der Waals surface area contributed by atoms with E-state index in [1.807, 2.05) is 26.0 Å². The number of esters is 3. The van der Waals surface area contributed by atoms with Crippen molar-refractivity contribution in [1.82, 2.24) is 0 Å². The minimum atomic E-state index is -1.63. The van der Waals surface area contributed by atoms with Crippen LogP contribution in [0.5, 0.6) is 17.2 Å². The maximum absolute atomic E-state index is 14.0. The fourth-order valence-corrected chi connectivity index (χ4v) is 9.75. The van der Waals surface area contributed by atoms with E-state index in [-0.39, 0.29) is 41.0 Å². The van der Waals surface area contributed by atoms with Crippen LogP contribution in [0, 0.1) is 5.92 Å². The number of aromatic hydroxyl groups is 2. The Hall–Kier alpha value is -4.87. The third-order valence-electron chi connectivity index (χ3n) is 13.8. The number of cyclic esters (lactones) is 1. The average Bonchev–Trinajstić information content (AvgIpc) is 3.39. The molecule has 0 unspecified atom stereocenters. The first-order chi connectivity index (χ1) is 36.3. The molecule has 5 rings (SSSR count). The van der Waals surface area contributed by atoms with Crippen molar-refractivity contribution in [2.24, 2.45) is 5.92 Å². The Morgan fingerprint density at radius 1 is 0.896 bits per heavy atom.